The van der Waals surface area contributed by atoms with E-state index in [1.165, 1.54) is 19.5 Å². The van der Waals surface area contributed by atoms with Gasteiger partial charge in [0.25, 0.3) is 5.91 Å². The van der Waals surface area contributed by atoms with Crippen molar-refractivity contribution in [1.82, 2.24) is 15.0 Å². The van der Waals surface area contributed by atoms with Crippen LogP contribution in [0.3, 0.4) is 0 Å². The molecule has 1 N–H and O–H groups in total. The first-order valence-corrected chi connectivity index (χ1v) is 5.21. The van der Waals surface area contributed by atoms with Gasteiger partial charge < -0.3 is 14.5 Å². The minimum Gasteiger partial charge on any atom is -0.481 e. The molecule has 0 saturated heterocycles. The molecule has 2 aromatic heterocycles. The summed E-state index contributed by atoms with van der Waals surface area (Å²) in [6.45, 7) is 3.38. The number of aromatic nitrogens is 3. The number of nitrogens with zero attached hydrogens (tertiary/aromatic N) is 3. The van der Waals surface area contributed by atoms with Crippen molar-refractivity contribution in [3.8, 4) is 5.88 Å². The Bertz CT molecular complexity index is 579. The van der Waals surface area contributed by atoms with Gasteiger partial charge in [-0.15, -0.1) is 0 Å². The summed E-state index contributed by atoms with van der Waals surface area (Å²) in [5, 5.41) is 2.58. The Labute approximate surface area is 103 Å². The maximum atomic E-state index is 11.9. The molecule has 2 aromatic rings. The molecule has 1 amide bonds. The third-order valence-corrected chi connectivity index (χ3v) is 2.20. The Morgan fingerprint density at radius 1 is 1.39 bits per heavy atom. The monoisotopic (exact) mass is 248 g/mol. The molecule has 0 atom stereocenters. The Morgan fingerprint density at radius 2 is 2.17 bits per heavy atom. The fraction of sp³-hybridized carbons (Fsp3) is 0.273. The summed E-state index contributed by atoms with van der Waals surface area (Å²) in [5.41, 5.74) is 0.533. The molecular formula is C11H12N4O3. The van der Waals surface area contributed by atoms with E-state index in [0.717, 1.165) is 0 Å². The molecule has 7 heteroatoms. The quantitative estimate of drug-likeness (QED) is 0.881. The van der Waals surface area contributed by atoms with Gasteiger partial charge in [-0.1, -0.05) is 0 Å². The lowest BCUT2D eigenvalue weighted by Gasteiger charge is -2.03. The highest BCUT2D eigenvalue weighted by molar-refractivity contribution is 6.02. The van der Waals surface area contributed by atoms with Crippen molar-refractivity contribution in [3.05, 3.63) is 29.7 Å². The molecule has 0 bridgehead atoms. The Kier molecular flexibility index (Phi) is 3.22. The first-order valence-electron chi connectivity index (χ1n) is 5.21. The molecule has 2 heterocycles. The molecule has 7 nitrogen and oxygen atoms in total. The standard InChI is InChI=1S/C11H12N4O3/c1-6-10(18-7(2)14-6)11(16)15-8-4-9(17-3)13-5-12-8/h4-5H,1-3H3,(H,12,13,15,16). The average Bonchev–Trinajstić information content (AvgIpc) is 2.69. The zero-order valence-corrected chi connectivity index (χ0v) is 10.2. The fourth-order valence-electron chi connectivity index (χ4n) is 1.43. The van der Waals surface area contributed by atoms with Crippen molar-refractivity contribution in [2.45, 2.75) is 13.8 Å². The molecule has 0 radical (unpaired) electrons. The first-order chi connectivity index (χ1) is 8.60. The largest absolute Gasteiger partial charge is 0.481 e. The van der Waals surface area contributed by atoms with Gasteiger partial charge in [0.1, 0.15) is 12.1 Å². The first kappa shape index (κ1) is 12.0. The lowest BCUT2D eigenvalue weighted by molar-refractivity contribution is 0.0994. The van der Waals surface area contributed by atoms with E-state index in [4.69, 9.17) is 9.15 Å². The van der Waals surface area contributed by atoms with Gasteiger partial charge in [0.05, 0.1) is 12.8 Å². The second-order valence-corrected chi connectivity index (χ2v) is 3.55. The van der Waals surface area contributed by atoms with Crippen LogP contribution in [0.1, 0.15) is 22.1 Å². The number of amides is 1. The van der Waals surface area contributed by atoms with Gasteiger partial charge >= 0.3 is 0 Å². The molecule has 0 aliphatic carbocycles. The lowest BCUT2D eigenvalue weighted by Crippen LogP contribution is -2.13. The summed E-state index contributed by atoms with van der Waals surface area (Å²) in [6.07, 6.45) is 1.30. The van der Waals surface area contributed by atoms with Crippen LogP contribution in [0.2, 0.25) is 0 Å². The number of methoxy groups -OCH3 is 1. The van der Waals surface area contributed by atoms with Crippen molar-refractivity contribution >= 4 is 11.7 Å². The summed E-state index contributed by atoms with van der Waals surface area (Å²) in [5.74, 6) is 0.905. The minimum absolute atomic E-state index is 0.171. The van der Waals surface area contributed by atoms with E-state index in [1.807, 2.05) is 0 Å². The van der Waals surface area contributed by atoms with Crippen LogP contribution in [-0.2, 0) is 0 Å². The average molecular weight is 248 g/mol. The van der Waals surface area contributed by atoms with Crippen LogP contribution < -0.4 is 10.1 Å². The third kappa shape index (κ3) is 2.45. The van der Waals surface area contributed by atoms with Crippen LogP contribution in [0.25, 0.3) is 0 Å². The molecule has 2 rings (SSSR count). The van der Waals surface area contributed by atoms with Gasteiger partial charge in [0, 0.05) is 13.0 Å². The highest BCUT2D eigenvalue weighted by Crippen LogP contribution is 2.14. The molecule has 0 unspecified atom stereocenters. The number of ether oxygens (including phenoxy) is 1. The SMILES string of the molecule is COc1cc(NC(=O)c2oc(C)nc2C)ncn1. The van der Waals surface area contributed by atoms with E-state index in [1.54, 1.807) is 13.8 Å². The second-order valence-electron chi connectivity index (χ2n) is 3.55. The number of rotatable bonds is 3. The summed E-state index contributed by atoms with van der Waals surface area (Å²) >= 11 is 0. The zero-order valence-electron chi connectivity index (χ0n) is 10.2. The lowest BCUT2D eigenvalue weighted by atomic mass is 10.3. The van der Waals surface area contributed by atoms with Gasteiger partial charge in [-0.3, -0.25) is 4.79 Å². The number of anilines is 1. The van der Waals surface area contributed by atoms with E-state index < -0.39 is 5.91 Å². The van der Waals surface area contributed by atoms with Crippen LogP contribution in [-0.4, -0.2) is 28.0 Å². The number of carbonyl (C=O) groups excluding carboxylic acids is 1. The fourth-order valence-corrected chi connectivity index (χ4v) is 1.43. The van der Waals surface area contributed by atoms with Crippen LogP contribution in [0.4, 0.5) is 5.82 Å². The molecule has 0 aromatic carbocycles. The smallest absolute Gasteiger partial charge is 0.294 e. The highest BCUT2D eigenvalue weighted by atomic mass is 16.5. The number of carbonyl (C=O) groups is 1. The number of nitrogens with one attached hydrogen (secondary N) is 1. The highest BCUT2D eigenvalue weighted by Gasteiger charge is 2.16. The predicted octanol–water partition coefficient (Wildman–Crippen LogP) is 1.34. The number of hydrogen-bond acceptors (Lipinski definition) is 6. The van der Waals surface area contributed by atoms with Crippen molar-refractivity contribution in [3.63, 3.8) is 0 Å². The van der Waals surface area contributed by atoms with Crippen LogP contribution in [0.15, 0.2) is 16.8 Å². The van der Waals surface area contributed by atoms with Gasteiger partial charge in [0.15, 0.2) is 5.89 Å². The Morgan fingerprint density at radius 3 is 2.78 bits per heavy atom. The Hall–Kier alpha value is -2.44. The van der Waals surface area contributed by atoms with Crippen molar-refractivity contribution in [2.75, 3.05) is 12.4 Å². The topological polar surface area (TPSA) is 90.1 Å². The minimum atomic E-state index is -0.408. The van der Waals surface area contributed by atoms with E-state index >= 15 is 0 Å². The number of aryl methyl sites for hydroxylation is 2. The zero-order chi connectivity index (χ0) is 13.1. The maximum absolute atomic E-state index is 11.9. The van der Waals surface area contributed by atoms with Gasteiger partial charge in [-0.2, -0.15) is 0 Å². The van der Waals surface area contributed by atoms with Gasteiger partial charge in [-0.05, 0) is 6.92 Å². The summed E-state index contributed by atoms with van der Waals surface area (Å²) in [7, 11) is 1.48. The number of oxazole rings is 1. The van der Waals surface area contributed by atoms with Crippen LogP contribution >= 0.6 is 0 Å². The number of hydrogen-bond donors (Lipinski definition) is 1. The van der Waals surface area contributed by atoms with E-state index in [9.17, 15) is 4.79 Å². The molecule has 0 saturated carbocycles. The molecular weight excluding hydrogens is 236 g/mol. The summed E-state index contributed by atoms with van der Waals surface area (Å²) in [4.78, 5) is 23.7. The molecule has 18 heavy (non-hydrogen) atoms. The van der Waals surface area contributed by atoms with E-state index in [0.29, 0.717) is 23.3 Å². The second kappa shape index (κ2) is 4.82. The molecule has 94 valence electrons. The Balaban J connectivity index is 2.18. The van der Waals surface area contributed by atoms with Gasteiger partial charge in [0.2, 0.25) is 11.6 Å². The maximum Gasteiger partial charge on any atom is 0.294 e. The molecule has 0 fully saturated rings. The third-order valence-electron chi connectivity index (χ3n) is 2.20. The van der Waals surface area contributed by atoms with Crippen molar-refractivity contribution in [2.24, 2.45) is 0 Å². The predicted molar refractivity (Wildman–Crippen MR) is 62.5 cm³/mol. The van der Waals surface area contributed by atoms with Crippen LogP contribution in [0, 0.1) is 13.8 Å². The molecule has 0 aliphatic rings. The normalized spacial score (nSPS) is 10.2. The summed E-state index contributed by atoms with van der Waals surface area (Å²) in [6, 6.07) is 1.51. The summed E-state index contributed by atoms with van der Waals surface area (Å²) < 4.78 is 10.1. The van der Waals surface area contributed by atoms with E-state index in [-0.39, 0.29) is 5.76 Å². The van der Waals surface area contributed by atoms with Gasteiger partial charge in [-0.25, -0.2) is 15.0 Å². The molecule has 0 aliphatic heterocycles. The molecule has 0 spiro atoms. The van der Waals surface area contributed by atoms with Crippen molar-refractivity contribution < 1.29 is 13.9 Å². The van der Waals surface area contributed by atoms with E-state index in [2.05, 4.69) is 20.3 Å². The van der Waals surface area contributed by atoms with Crippen molar-refractivity contribution in [1.29, 1.82) is 0 Å². The van der Waals surface area contributed by atoms with Crippen LogP contribution in [0.5, 0.6) is 5.88 Å².